The number of hydrogen-bond acceptors (Lipinski definition) is 4. The number of hydrogen-bond donors (Lipinski definition) is 1. The second-order valence-corrected chi connectivity index (χ2v) is 3.71. The second kappa shape index (κ2) is 5.35. The van der Waals surface area contributed by atoms with Crippen molar-refractivity contribution in [3.8, 4) is 5.75 Å². The first kappa shape index (κ1) is 12.2. The van der Waals surface area contributed by atoms with Crippen LogP contribution in [0.15, 0.2) is 34.9 Å². The Morgan fingerprint density at radius 2 is 2.11 bits per heavy atom. The Hall–Kier alpha value is -2.30. The third-order valence-corrected chi connectivity index (χ3v) is 2.49. The Kier molecular flexibility index (Phi) is 3.62. The number of aryl methyl sites for hydroxylation is 1. The zero-order chi connectivity index (χ0) is 13.0. The fraction of sp³-hybridized carbons (Fsp3) is 0.231. The van der Waals surface area contributed by atoms with Gasteiger partial charge in [-0.2, -0.15) is 0 Å². The van der Waals surface area contributed by atoms with Crippen LogP contribution in [-0.2, 0) is 6.42 Å². The summed E-state index contributed by atoms with van der Waals surface area (Å²) >= 11 is 0. The molecule has 1 aromatic heterocycles. The Morgan fingerprint density at radius 3 is 2.67 bits per heavy atom. The fourth-order valence-corrected chi connectivity index (χ4v) is 1.46. The lowest BCUT2D eigenvalue weighted by molar-refractivity contribution is 0.101. The summed E-state index contributed by atoms with van der Waals surface area (Å²) in [5, 5.41) is 6.44. The van der Waals surface area contributed by atoms with Gasteiger partial charge in [0.15, 0.2) is 5.69 Å². The van der Waals surface area contributed by atoms with Crippen molar-refractivity contribution in [1.82, 2.24) is 5.16 Å². The number of aromatic nitrogens is 1. The zero-order valence-electron chi connectivity index (χ0n) is 10.3. The molecule has 0 fully saturated rings. The monoisotopic (exact) mass is 246 g/mol. The predicted molar refractivity (Wildman–Crippen MR) is 66.8 cm³/mol. The Balaban J connectivity index is 2.06. The average Bonchev–Trinajstić information content (AvgIpc) is 2.88. The number of methoxy groups -OCH3 is 1. The molecule has 0 aliphatic rings. The highest BCUT2D eigenvalue weighted by atomic mass is 16.5. The number of nitrogens with one attached hydrogen (secondary N) is 1. The molecule has 1 N–H and O–H groups in total. The third-order valence-electron chi connectivity index (χ3n) is 2.49. The van der Waals surface area contributed by atoms with E-state index in [1.807, 2.05) is 6.92 Å². The highest BCUT2D eigenvalue weighted by Gasteiger charge is 2.11. The number of rotatable bonds is 4. The minimum absolute atomic E-state index is 0.280. The number of amides is 1. The molecule has 0 saturated carbocycles. The summed E-state index contributed by atoms with van der Waals surface area (Å²) < 4.78 is 10.0. The van der Waals surface area contributed by atoms with Crippen molar-refractivity contribution in [2.45, 2.75) is 13.3 Å². The van der Waals surface area contributed by atoms with Crippen LogP contribution in [0.1, 0.15) is 23.2 Å². The molecule has 1 amide bonds. The molecule has 2 rings (SSSR count). The van der Waals surface area contributed by atoms with Crippen LogP contribution in [0.5, 0.6) is 5.75 Å². The van der Waals surface area contributed by atoms with Crippen molar-refractivity contribution in [2.75, 3.05) is 12.4 Å². The number of carbonyl (C=O) groups excluding carboxylic acids is 1. The molecule has 5 heteroatoms. The molecule has 0 aliphatic carbocycles. The van der Waals surface area contributed by atoms with Gasteiger partial charge in [-0.25, -0.2) is 0 Å². The third kappa shape index (κ3) is 2.68. The number of ether oxygens (including phenoxy) is 1. The smallest absolute Gasteiger partial charge is 0.277 e. The maximum atomic E-state index is 11.8. The highest BCUT2D eigenvalue weighted by molar-refractivity contribution is 6.02. The molecule has 0 aliphatic heterocycles. The van der Waals surface area contributed by atoms with E-state index in [2.05, 4.69) is 10.5 Å². The van der Waals surface area contributed by atoms with Gasteiger partial charge < -0.3 is 14.6 Å². The maximum absolute atomic E-state index is 11.8. The molecule has 94 valence electrons. The molecule has 0 bridgehead atoms. The standard InChI is InChI=1S/C13H14N2O3/c1-3-10-8-12(15-18-10)13(16)14-9-4-6-11(17-2)7-5-9/h4-8H,3H2,1-2H3,(H,14,16). The summed E-state index contributed by atoms with van der Waals surface area (Å²) in [6, 6.07) is 8.71. The molecule has 1 aromatic carbocycles. The Morgan fingerprint density at radius 1 is 1.39 bits per heavy atom. The van der Waals surface area contributed by atoms with Crippen LogP contribution in [0.2, 0.25) is 0 Å². The lowest BCUT2D eigenvalue weighted by Gasteiger charge is -2.03. The van der Waals surface area contributed by atoms with Gasteiger partial charge in [0.1, 0.15) is 11.5 Å². The van der Waals surface area contributed by atoms with Crippen molar-refractivity contribution >= 4 is 11.6 Å². The van der Waals surface area contributed by atoms with Crippen molar-refractivity contribution in [2.24, 2.45) is 0 Å². The van der Waals surface area contributed by atoms with Gasteiger partial charge in [0.2, 0.25) is 0 Å². The van der Waals surface area contributed by atoms with E-state index < -0.39 is 0 Å². The first-order valence-electron chi connectivity index (χ1n) is 5.64. The molecule has 18 heavy (non-hydrogen) atoms. The van der Waals surface area contributed by atoms with Gasteiger partial charge in [0.25, 0.3) is 5.91 Å². The van der Waals surface area contributed by atoms with Crippen LogP contribution < -0.4 is 10.1 Å². The van der Waals surface area contributed by atoms with Crippen LogP contribution in [0.3, 0.4) is 0 Å². The first-order valence-corrected chi connectivity index (χ1v) is 5.64. The zero-order valence-corrected chi connectivity index (χ0v) is 10.3. The highest BCUT2D eigenvalue weighted by Crippen LogP contribution is 2.16. The minimum atomic E-state index is -0.288. The second-order valence-electron chi connectivity index (χ2n) is 3.71. The van der Waals surface area contributed by atoms with E-state index in [0.29, 0.717) is 17.9 Å². The topological polar surface area (TPSA) is 64.4 Å². The van der Waals surface area contributed by atoms with Crippen LogP contribution in [-0.4, -0.2) is 18.2 Å². The molecule has 0 spiro atoms. The normalized spacial score (nSPS) is 10.1. The van der Waals surface area contributed by atoms with E-state index in [0.717, 1.165) is 5.75 Å². The molecular weight excluding hydrogens is 232 g/mol. The van der Waals surface area contributed by atoms with Gasteiger partial charge in [-0.05, 0) is 24.3 Å². The van der Waals surface area contributed by atoms with E-state index in [9.17, 15) is 4.79 Å². The number of anilines is 1. The quantitative estimate of drug-likeness (QED) is 0.900. The summed E-state index contributed by atoms with van der Waals surface area (Å²) in [5.41, 5.74) is 0.963. The molecule has 5 nitrogen and oxygen atoms in total. The average molecular weight is 246 g/mol. The van der Waals surface area contributed by atoms with Gasteiger partial charge in [0.05, 0.1) is 7.11 Å². The van der Waals surface area contributed by atoms with E-state index in [4.69, 9.17) is 9.26 Å². The summed E-state index contributed by atoms with van der Waals surface area (Å²) in [5.74, 6) is 1.14. The number of carbonyl (C=O) groups is 1. The molecule has 0 atom stereocenters. The Labute approximate surface area is 105 Å². The minimum Gasteiger partial charge on any atom is -0.497 e. The lowest BCUT2D eigenvalue weighted by atomic mass is 10.2. The van der Waals surface area contributed by atoms with Gasteiger partial charge >= 0.3 is 0 Å². The van der Waals surface area contributed by atoms with Crippen LogP contribution in [0, 0.1) is 0 Å². The van der Waals surface area contributed by atoms with Gasteiger partial charge in [0, 0.05) is 18.2 Å². The predicted octanol–water partition coefficient (Wildman–Crippen LogP) is 2.50. The van der Waals surface area contributed by atoms with E-state index in [1.54, 1.807) is 37.4 Å². The van der Waals surface area contributed by atoms with E-state index in [1.165, 1.54) is 0 Å². The van der Waals surface area contributed by atoms with Gasteiger partial charge in [-0.15, -0.1) is 0 Å². The van der Waals surface area contributed by atoms with Crippen LogP contribution in [0.4, 0.5) is 5.69 Å². The van der Waals surface area contributed by atoms with Gasteiger partial charge in [-0.1, -0.05) is 12.1 Å². The van der Waals surface area contributed by atoms with Crippen LogP contribution >= 0.6 is 0 Å². The summed E-state index contributed by atoms with van der Waals surface area (Å²) in [7, 11) is 1.59. The maximum Gasteiger partial charge on any atom is 0.277 e. The van der Waals surface area contributed by atoms with Crippen molar-refractivity contribution in [3.63, 3.8) is 0 Å². The van der Waals surface area contributed by atoms with E-state index in [-0.39, 0.29) is 11.6 Å². The van der Waals surface area contributed by atoms with E-state index >= 15 is 0 Å². The lowest BCUT2D eigenvalue weighted by Crippen LogP contribution is -2.12. The van der Waals surface area contributed by atoms with Crippen LogP contribution in [0.25, 0.3) is 0 Å². The SMILES string of the molecule is CCc1cc(C(=O)Nc2ccc(OC)cc2)no1. The molecule has 2 aromatic rings. The summed E-state index contributed by atoms with van der Waals surface area (Å²) in [6.07, 6.45) is 0.711. The molecule has 0 radical (unpaired) electrons. The molecule has 0 unspecified atom stereocenters. The summed E-state index contributed by atoms with van der Waals surface area (Å²) in [4.78, 5) is 11.8. The molecule has 1 heterocycles. The first-order chi connectivity index (χ1) is 8.72. The summed E-state index contributed by atoms with van der Waals surface area (Å²) in [6.45, 7) is 1.94. The fourth-order valence-electron chi connectivity index (χ4n) is 1.46. The van der Waals surface area contributed by atoms with Crippen molar-refractivity contribution in [3.05, 3.63) is 41.8 Å². The molecule has 0 saturated heterocycles. The number of nitrogens with zero attached hydrogens (tertiary/aromatic N) is 1. The molecular formula is C13H14N2O3. The van der Waals surface area contributed by atoms with Crippen molar-refractivity contribution in [1.29, 1.82) is 0 Å². The Bertz CT molecular complexity index is 531. The largest absolute Gasteiger partial charge is 0.497 e. The number of benzene rings is 1. The van der Waals surface area contributed by atoms with Crippen molar-refractivity contribution < 1.29 is 14.1 Å². The van der Waals surface area contributed by atoms with Gasteiger partial charge in [-0.3, -0.25) is 4.79 Å².